The van der Waals surface area contributed by atoms with Crippen LogP contribution in [-0.2, 0) is 10.2 Å². The second-order valence-corrected chi connectivity index (χ2v) is 5.42. The van der Waals surface area contributed by atoms with E-state index in [1.54, 1.807) is 0 Å². The van der Waals surface area contributed by atoms with Crippen molar-refractivity contribution in [2.75, 3.05) is 45.9 Å². The van der Waals surface area contributed by atoms with Crippen molar-refractivity contribution < 1.29 is 13.5 Å². The molecule has 0 bridgehead atoms. The van der Waals surface area contributed by atoms with E-state index in [9.17, 15) is 8.78 Å². The number of hydrogen-bond acceptors (Lipinski definition) is 3. The van der Waals surface area contributed by atoms with Crippen molar-refractivity contribution >= 4 is 0 Å². The number of piperazine rings is 1. The highest BCUT2D eigenvalue weighted by Gasteiger charge is 2.43. The Morgan fingerprint density at radius 1 is 1.21 bits per heavy atom. The zero-order chi connectivity index (χ0) is 13.3. The quantitative estimate of drug-likeness (QED) is 0.889. The second kappa shape index (κ2) is 5.15. The minimum atomic E-state index is -0.386. The highest BCUT2D eigenvalue weighted by molar-refractivity contribution is 5.31. The van der Waals surface area contributed by atoms with Gasteiger partial charge in [-0.15, -0.1) is 0 Å². The number of hydrogen-bond donors (Lipinski definition) is 1. The van der Waals surface area contributed by atoms with Gasteiger partial charge in [0, 0.05) is 38.3 Å². The van der Waals surface area contributed by atoms with Crippen molar-refractivity contribution in [3.05, 3.63) is 35.4 Å². The van der Waals surface area contributed by atoms with Gasteiger partial charge >= 0.3 is 0 Å². The van der Waals surface area contributed by atoms with Gasteiger partial charge in [-0.25, -0.2) is 8.78 Å². The monoisotopic (exact) mass is 268 g/mol. The second-order valence-electron chi connectivity index (χ2n) is 5.42. The third kappa shape index (κ3) is 2.50. The molecule has 0 aromatic heterocycles. The highest BCUT2D eigenvalue weighted by Crippen LogP contribution is 2.35. The molecule has 2 aliphatic rings. The number of nitrogens with one attached hydrogen (secondary N) is 1. The molecule has 2 heterocycles. The predicted octanol–water partition coefficient (Wildman–Crippen LogP) is 1.14. The Balaban J connectivity index is 1.83. The van der Waals surface area contributed by atoms with Crippen LogP contribution in [0.3, 0.4) is 0 Å². The average molecular weight is 268 g/mol. The fraction of sp³-hybridized carbons (Fsp3) is 0.571. The van der Waals surface area contributed by atoms with E-state index in [1.807, 2.05) is 0 Å². The first-order chi connectivity index (χ1) is 9.20. The molecule has 0 amide bonds. The van der Waals surface area contributed by atoms with Gasteiger partial charge in [0.15, 0.2) is 0 Å². The minimum Gasteiger partial charge on any atom is -0.379 e. The Hall–Kier alpha value is -1.04. The Labute approximate surface area is 111 Å². The van der Waals surface area contributed by atoms with Crippen LogP contribution in [0.15, 0.2) is 18.2 Å². The molecule has 0 spiro atoms. The molecule has 1 N–H and O–H groups in total. The smallest absolute Gasteiger partial charge is 0.127 e. The number of benzene rings is 1. The molecule has 0 aliphatic carbocycles. The van der Waals surface area contributed by atoms with Gasteiger partial charge < -0.3 is 10.1 Å². The minimum absolute atomic E-state index is 0.333. The fourth-order valence-corrected chi connectivity index (χ4v) is 2.88. The average Bonchev–Trinajstić information content (AvgIpc) is 2.38. The molecule has 0 unspecified atom stereocenters. The van der Waals surface area contributed by atoms with E-state index in [1.165, 1.54) is 12.1 Å². The van der Waals surface area contributed by atoms with Crippen molar-refractivity contribution in [1.29, 1.82) is 0 Å². The Kier molecular flexibility index (Phi) is 3.52. The van der Waals surface area contributed by atoms with E-state index in [4.69, 9.17) is 4.74 Å². The molecule has 5 heteroatoms. The van der Waals surface area contributed by atoms with E-state index in [0.29, 0.717) is 18.8 Å². The van der Waals surface area contributed by atoms with Crippen molar-refractivity contribution in [2.24, 2.45) is 0 Å². The van der Waals surface area contributed by atoms with Crippen LogP contribution in [0, 0.1) is 11.6 Å². The van der Waals surface area contributed by atoms with Gasteiger partial charge in [0.05, 0.1) is 18.6 Å². The van der Waals surface area contributed by atoms with E-state index in [2.05, 4.69) is 10.2 Å². The summed E-state index contributed by atoms with van der Waals surface area (Å²) < 4.78 is 32.7. The zero-order valence-electron chi connectivity index (χ0n) is 10.8. The molecule has 1 aromatic rings. The molecular weight excluding hydrogens is 250 g/mol. The summed E-state index contributed by atoms with van der Waals surface area (Å²) in [5.74, 6) is -0.720. The molecule has 19 heavy (non-hydrogen) atoms. The third-order valence-electron chi connectivity index (χ3n) is 3.99. The maximum absolute atomic E-state index is 14.0. The standard InChI is InChI=1S/C14H18F2N2O/c15-11-1-2-13(16)12(7-11)14(9-19-10-14)8-18-5-3-17-4-6-18/h1-2,7,17H,3-6,8-10H2. The maximum Gasteiger partial charge on any atom is 0.127 e. The first-order valence-electron chi connectivity index (χ1n) is 6.66. The van der Waals surface area contributed by atoms with Crippen LogP contribution in [-0.4, -0.2) is 50.8 Å². The van der Waals surface area contributed by atoms with Crippen molar-refractivity contribution in [2.45, 2.75) is 5.41 Å². The summed E-state index contributed by atoms with van der Waals surface area (Å²) in [7, 11) is 0. The summed E-state index contributed by atoms with van der Waals surface area (Å²) in [4.78, 5) is 2.30. The van der Waals surface area contributed by atoms with Crippen molar-refractivity contribution in [3.63, 3.8) is 0 Å². The molecule has 2 fully saturated rings. The van der Waals surface area contributed by atoms with Crippen LogP contribution in [0.5, 0.6) is 0 Å². The molecule has 0 atom stereocenters. The lowest BCUT2D eigenvalue weighted by Crippen LogP contribution is -2.57. The largest absolute Gasteiger partial charge is 0.379 e. The number of rotatable bonds is 3. The van der Waals surface area contributed by atoms with E-state index >= 15 is 0 Å². The van der Waals surface area contributed by atoms with Gasteiger partial charge in [-0.3, -0.25) is 4.90 Å². The Morgan fingerprint density at radius 3 is 2.58 bits per heavy atom. The van der Waals surface area contributed by atoms with Crippen LogP contribution < -0.4 is 5.32 Å². The maximum atomic E-state index is 14.0. The summed E-state index contributed by atoms with van der Waals surface area (Å²) >= 11 is 0. The number of halogens is 2. The van der Waals surface area contributed by atoms with Crippen LogP contribution in [0.4, 0.5) is 8.78 Å². The lowest BCUT2D eigenvalue weighted by Gasteiger charge is -2.46. The van der Waals surface area contributed by atoms with E-state index < -0.39 is 0 Å². The molecular formula is C14H18F2N2O. The number of ether oxygens (including phenoxy) is 1. The van der Waals surface area contributed by atoms with Gasteiger partial charge in [0.1, 0.15) is 11.6 Å². The van der Waals surface area contributed by atoms with Gasteiger partial charge in [-0.2, -0.15) is 0 Å². The lowest BCUT2D eigenvalue weighted by atomic mass is 9.77. The molecule has 104 valence electrons. The Morgan fingerprint density at radius 2 is 1.95 bits per heavy atom. The molecule has 2 aliphatic heterocycles. The van der Waals surface area contributed by atoms with Gasteiger partial charge in [-0.1, -0.05) is 0 Å². The van der Waals surface area contributed by atoms with Crippen LogP contribution in [0.25, 0.3) is 0 Å². The molecule has 0 saturated carbocycles. The SMILES string of the molecule is Fc1ccc(F)c(C2(CN3CCNCC3)COC2)c1. The van der Waals surface area contributed by atoms with Gasteiger partial charge in [0.25, 0.3) is 0 Å². The summed E-state index contributed by atoms with van der Waals surface area (Å²) in [5, 5.41) is 3.29. The molecule has 3 nitrogen and oxygen atoms in total. The first kappa shape index (κ1) is 13.0. The van der Waals surface area contributed by atoms with Crippen LogP contribution in [0.2, 0.25) is 0 Å². The number of nitrogens with zero attached hydrogens (tertiary/aromatic N) is 1. The first-order valence-corrected chi connectivity index (χ1v) is 6.66. The zero-order valence-corrected chi connectivity index (χ0v) is 10.8. The van der Waals surface area contributed by atoms with Crippen molar-refractivity contribution in [1.82, 2.24) is 10.2 Å². The Bertz CT molecular complexity index is 457. The summed E-state index contributed by atoms with van der Waals surface area (Å²) in [6.45, 7) is 5.45. The summed E-state index contributed by atoms with van der Waals surface area (Å²) in [6.07, 6.45) is 0. The highest BCUT2D eigenvalue weighted by atomic mass is 19.1. The molecule has 0 radical (unpaired) electrons. The normalized spacial score (nSPS) is 23.1. The van der Waals surface area contributed by atoms with E-state index in [-0.39, 0.29) is 17.0 Å². The van der Waals surface area contributed by atoms with Gasteiger partial charge in [-0.05, 0) is 18.2 Å². The topological polar surface area (TPSA) is 24.5 Å². The van der Waals surface area contributed by atoms with Crippen molar-refractivity contribution in [3.8, 4) is 0 Å². The molecule has 1 aromatic carbocycles. The summed E-state index contributed by atoms with van der Waals surface area (Å²) in [5.41, 5.74) is 0.0704. The van der Waals surface area contributed by atoms with Crippen LogP contribution >= 0.6 is 0 Å². The van der Waals surface area contributed by atoms with E-state index in [0.717, 1.165) is 38.8 Å². The fourth-order valence-electron chi connectivity index (χ4n) is 2.88. The molecule has 3 rings (SSSR count). The lowest BCUT2D eigenvalue weighted by molar-refractivity contribution is -0.0772. The third-order valence-corrected chi connectivity index (χ3v) is 3.99. The van der Waals surface area contributed by atoms with Gasteiger partial charge in [0.2, 0.25) is 0 Å². The molecule has 2 saturated heterocycles. The summed E-state index contributed by atoms with van der Waals surface area (Å²) in [6, 6.07) is 3.69. The predicted molar refractivity (Wildman–Crippen MR) is 68.2 cm³/mol. The van der Waals surface area contributed by atoms with Crippen LogP contribution in [0.1, 0.15) is 5.56 Å².